The van der Waals surface area contributed by atoms with Crippen molar-refractivity contribution in [1.29, 1.82) is 0 Å². The van der Waals surface area contributed by atoms with Crippen molar-refractivity contribution < 1.29 is 4.74 Å². The second-order valence-corrected chi connectivity index (χ2v) is 4.83. The molecule has 0 amide bonds. The van der Waals surface area contributed by atoms with Crippen molar-refractivity contribution in [2.75, 3.05) is 13.2 Å². The van der Waals surface area contributed by atoms with Gasteiger partial charge in [0.15, 0.2) is 0 Å². The van der Waals surface area contributed by atoms with Crippen LogP contribution < -0.4 is 5.32 Å². The molecule has 1 aliphatic heterocycles. The molecule has 0 aromatic carbocycles. The summed E-state index contributed by atoms with van der Waals surface area (Å²) in [5, 5.41) is 3.39. The third-order valence-corrected chi connectivity index (χ3v) is 2.95. The van der Waals surface area contributed by atoms with E-state index in [4.69, 9.17) is 4.74 Å². The van der Waals surface area contributed by atoms with Crippen LogP contribution in [0.3, 0.4) is 0 Å². The molecule has 1 fully saturated rings. The summed E-state index contributed by atoms with van der Waals surface area (Å²) in [6, 6.07) is 1.97. The standard InChI is InChI=1S/C13H21N3O/c1-10(2)13-15-6-5-11(16-13)8-14-9-12-4-3-7-17-12/h5-6,10,12,14H,3-4,7-9H2,1-2H3. The number of aromatic nitrogens is 2. The summed E-state index contributed by atoms with van der Waals surface area (Å²) in [5.41, 5.74) is 1.06. The van der Waals surface area contributed by atoms with E-state index >= 15 is 0 Å². The summed E-state index contributed by atoms with van der Waals surface area (Å²) in [5.74, 6) is 1.30. The molecular weight excluding hydrogens is 214 g/mol. The van der Waals surface area contributed by atoms with Gasteiger partial charge in [-0.3, -0.25) is 0 Å². The maximum atomic E-state index is 5.56. The smallest absolute Gasteiger partial charge is 0.131 e. The highest BCUT2D eigenvalue weighted by Crippen LogP contribution is 2.11. The third kappa shape index (κ3) is 3.75. The zero-order chi connectivity index (χ0) is 12.1. The number of ether oxygens (including phenoxy) is 1. The number of hydrogen-bond acceptors (Lipinski definition) is 4. The van der Waals surface area contributed by atoms with Gasteiger partial charge in [-0.1, -0.05) is 13.8 Å². The quantitative estimate of drug-likeness (QED) is 0.846. The second-order valence-electron chi connectivity index (χ2n) is 4.83. The highest BCUT2D eigenvalue weighted by Gasteiger charge is 2.14. The molecule has 1 aliphatic rings. The Kier molecular flexibility index (Phi) is 4.45. The van der Waals surface area contributed by atoms with Crippen LogP contribution in [0.5, 0.6) is 0 Å². The molecule has 4 nitrogen and oxygen atoms in total. The second kappa shape index (κ2) is 6.07. The average molecular weight is 235 g/mol. The first-order valence-corrected chi connectivity index (χ1v) is 6.40. The first kappa shape index (κ1) is 12.5. The van der Waals surface area contributed by atoms with Crippen LogP contribution >= 0.6 is 0 Å². The van der Waals surface area contributed by atoms with Crippen LogP contribution in [0.2, 0.25) is 0 Å². The van der Waals surface area contributed by atoms with E-state index in [1.165, 1.54) is 12.8 Å². The Balaban J connectivity index is 1.79. The topological polar surface area (TPSA) is 47.0 Å². The van der Waals surface area contributed by atoms with Gasteiger partial charge in [-0.15, -0.1) is 0 Å². The summed E-state index contributed by atoms with van der Waals surface area (Å²) in [4.78, 5) is 8.78. The molecule has 1 atom stereocenters. The molecule has 1 aromatic rings. The maximum absolute atomic E-state index is 5.56. The summed E-state index contributed by atoms with van der Waals surface area (Å²) in [7, 11) is 0. The normalized spacial score (nSPS) is 20.1. The number of rotatable bonds is 5. The van der Waals surface area contributed by atoms with E-state index in [1.807, 2.05) is 12.3 Å². The maximum Gasteiger partial charge on any atom is 0.131 e. The predicted molar refractivity (Wildman–Crippen MR) is 66.8 cm³/mol. The lowest BCUT2D eigenvalue weighted by Crippen LogP contribution is -2.26. The van der Waals surface area contributed by atoms with Crippen LogP contribution in [-0.2, 0) is 11.3 Å². The van der Waals surface area contributed by atoms with E-state index in [0.29, 0.717) is 12.0 Å². The molecule has 0 bridgehead atoms. The first-order valence-electron chi connectivity index (χ1n) is 6.40. The fourth-order valence-electron chi connectivity index (χ4n) is 1.96. The van der Waals surface area contributed by atoms with E-state index in [9.17, 15) is 0 Å². The zero-order valence-corrected chi connectivity index (χ0v) is 10.6. The van der Waals surface area contributed by atoms with Crippen LogP contribution in [-0.4, -0.2) is 29.2 Å². The number of nitrogens with one attached hydrogen (secondary N) is 1. The Labute approximate surface area is 103 Å². The molecule has 4 heteroatoms. The molecule has 1 unspecified atom stereocenters. The minimum absolute atomic E-state index is 0.383. The van der Waals surface area contributed by atoms with E-state index in [1.54, 1.807) is 0 Å². The fraction of sp³-hybridized carbons (Fsp3) is 0.692. The van der Waals surface area contributed by atoms with Crippen molar-refractivity contribution in [1.82, 2.24) is 15.3 Å². The van der Waals surface area contributed by atoms with Gasteiger partial charge in [0.2, 0.25) is 0 Å². The molecule has 1 aromatic heterocycles. The van der Waals surface area contributed by atoms with Gasteiger partial charge in [0.05, 0.1) is 11.8 Å². The van der Waals surface area contributed by atoms with Gasteiger partial charge in [0.25, 0.3) is 0 Å². The van der Waals surface area contributed by atoms with Gasteiger partial charge >= 0.3 is 0 Å². The molecule has 1 saturated heterocycles. The first-order chi connectivity index (χ1) is 8.25. The van der Waals surface area contributed by atoms with Gasteiger partial charge < -0.3 is 10.1 Å². The molecule has 94 valence electrons. The van der Waals surface area contributed by atoms with Gasteiger partial charge in [-0.05, 0) is 18.9 Å². The summed E-state index contributed by atoms with van der Waals surface area (Å²) < 4.78 is 5.56. The average Bonchev–Trinajstić information content (AvgIpc) is 2.82. The van der Waals surface area contributed by atoms with Crippen molar-refractivity contribution in [3.05, 3.63) is 23.8 Å². The molecule has 2 rings (SSSR count). The summed E-state index contributed by atoms with van der Waals surface area (Å²) in [6.07, 6.45) is 4.60. The Bertz CT molecular complexity index is 348. The minimum atomic E-state index is 0.383. The minimum Gasteiger partial charge on any atom is -0.377 e. The molecule has 0 radical (unpaired) electrons. The Hall–Kier alpha value is -1.00. The van der Waals surface area contributed by atoms with Crippen LogP contribution in [0.15, 0.2) is 12.3 Å². The Morgan fingerprint density at radius 1 is 1.53 bits per heavy atom. The molecular formula is C13H21N3O. The molecule has 0 aliphatic carbocycles. The molecule has 1 N–H and O–H groups in total. The highest BCUT2D eigenvalue weighted by atomic mass is 16.5. The van der Waals surface area contributed by atoms with Gasteiger partial charge in [-0.25, -0.2) is 9.97 Å². The number of hydrogen-bond donors (Lipinski definition) is 1. The van der Waals surface area contributed by atoms with Crippen LogP contribution in [0, 0.1) is 0 Å². The molecule has 0 spiro atoms. The van der Waals surface area contributed by atoms with Gasteiger partial charge in [0, 0.05) is 31.8 Å². The van der Waals surface area contributed by atoms with Crippen LogP contribution in [0.25, 0.3) is 0 Å². The monoisotopic (exact) mass is 235 g/mol. The van der Waals surface area contributed by atoms with Crippen LogP contribution in [0.4, 0.5) is 0 Å². The largest absolute Gasteiger partial charge is 0.377 e. The predicted octanol–water partition coefficient (Wildman–Crippen LogP) is 1.87. The van der Waals surface area contributed by atoms with Gasteiger partial charge in [0.1, 0.15) is 5.82 Å². The lowest BCUT2D eigenvalue weighted by atomic mass is 10.2. The Morgan fingerprint density at radius 2 is 2.41 bits per heavy atom. The molecule has 2 heterocycles. The SMILES string of the molecule is CC(C)c1nccc(CNCC2CCCO2)n1. The summed E-state index contributed by atoms with van der Waals surface area (Å²) >= 11 is 0. The van der Waals surface area contributed by atoms with Crippen molar-refractivity contribution in [3.8, 4) is 0 Å². The van der Waals surface area contributed by atoms with Crippen molar-refractivity contribution >= 4 is 0 Å². The molecule has 17 heavy (non-hydrogen) atoms. The van der Waals surface area contributed by atoms with E-state index in [2.05, 4.69) is 29.1 Å². The van der Waals surface area contributed by atoms with Crippen molar-refractivity contribution in [3.63, 3.8) is 0 Å². The summed E-state index contributed by atoms with van der Waals surface area (Å²) in [6.45, 7) is 6.85. The van der Waals surface area contributed by atoms with E-state index < -0.39 is 0 Å². The molecule has 0 saturated carbocycles. The fourth-order valence-corrected chi connectivity index (χ4v) is 1.96. The lowest BCUT2D eigenvalue weighted by Gasteiger charge is -2.11. The van der Waals surface area contributed by atoms with Gasteiger partial charge in [-0.2, -0.15) is 0 Å². The lowest BCUT2D eigenvalue weighted by molar-refractivity contribution is 0.110. The third-order valence-electron chi connectivity index (χ3n) is 2.95. The van der Waals surface area contributed by atoms with Crippen molar-refractivity contribution in [2.24, 2.45) is 0 Å². The highest BCUT2D eigenvalue weighted by molar-refractivity contribution is 5.04. The number of nitrogens with zero attached hydrogens (tertiary/aromatic N) is 2. The Morgan fingerprint density at radius 3 is 3.12 bits per heavy atom. The van der Waals surface area contributed by atoms with E-state index in [-0.39, 0.29) is 0 Å². The van der Waals surface area contributed by atoms with Crippen molar-refractivity contribution in [2.45, 2.75) is 45.3 Å². The zero-order valence-electron chi connectivity index (χ0n) is 10.6. The van der Waals surface area contributed by atoms with Crippen LogP contribution in [0.1, 0.15) is 44.1 Å². The van der Waals surface area contributed by atoms with E-state index in [0.717, 1.165) is 31.2 Å².